The van der Waals surface area contributed by atoms with Gasteiger partial charge in [0.2, 0.25) is 0 Å². The van der Waals surface area contributed by atoms with Gasteiger partial charge in [-0.1, -0.05) is 0 Å². The van der Waals surface area contributed by atoms with E-state index in [1.807, 2.05) is 12.1 Å². The summed E-state index contributed by atoms with van der Waals surface area (Å²) >= 11 is 0. The molecular weight excluding hydrogens is 192 g/mol. The molecule has 0 aliphatic carbocycles. The fraction of sp³-hybridized carbons (Fsp3) is 0.636. The predicted octanol–water partition coefficient (Wildman–Crippen LogP) is 0.660. The Balaban J connectivity index is 1.67. The fourth-order valence-corrected chi connectivity index (χ4v) is 2.00. The standard InChI is InChI=1S/C11H16N2O2/c14-11(13-5-6-13)8-9(12-3-4-12)10-2-1-7-15-10/h1-2,7,9,11,14H,3-6,8H2. The monoisotopic (exact) mass is 208 g/mol. The molecule has 1 aromatic rings. The Morgan fingerprint density at radius 2 is 2.00 bits per heavy atom. The fourth-order valence-electron chi connectivity index (χ4n) is 2.00. The first-order valence-electron chi connectivity index (χ1n) is 5.54. The molecule has 2 aliphatic rings. The van der Waals surface area contributed by atoms with Crippen LogP contribution in [0.4, 0.5) is 0 Å². The molecule has 2 aliphatic heterocycles. The molecule has 0 amide bonds. The van der Waals surface area contributed by atoms with Crippen LogP contribution in [0.25, 0.3) is 0 Å². The lowest BCUT2D eigenvalue weighted by Crippen LogP contribution is -2.24. The van der Waals surface area contributed by atoms with Crippen molar-refractivity contribution < 1.29 is 9.52 Å². The minimum Gasteiger partial charge on any atom is -0.468 e. The highest BCUT2D eigenvalue weighted by Gasteiger charge is 2.35. The highest BCUT2D eigenvalue weighted by Crippen LogP contribution is 2.32. The van der Waals surface area contributed by atoms with Gasteiger partial charge in [0.25, 0.3) is 0 Å². The lowest BCUT2D eigenvalue weighted by atomic mass is 10.1. The molecule has 4 heteroatoms. The molecule has 0 aromatic carbocycles. The predicted molar refractivity (Wildman–Crippen MR) is 55.2 cm³/mol. The highest BCUT2D eigenvalue weighted by molar-refractivity contribution is 5.07. The summed E-state index contributed by atoms with van der Waals surface area (Å²) in [5.41, 5.74) is 0. The Hall–Kier alpha value is -0.840. The van der Waals surface area contributed by atoms with Gasteiger partial charge in [-0.15, -0.1) is 0 Å². The number of furan rings is 1. The maximum atomic E-state index is 9.89. The van der Waals surface area contributed by atoms with E-state index >= 15 is 0 Å². The summed E-state index contributed by atoms with van der Waals surface area (Å²) in [4.78, 5) is 4.39. The van der Waals surface area contributed by atoms with Gasteiger partial charge in [0.15, 0.2) is 0 Å². The molecule has 3 heterocycles. The van der Waals surface area contributed by atoms with Gasteiger partial charge in [0, 0.05) is 32.6 Å². The Bertz CT molecular complexity index is 317. The molecule has 15 heavy (non-hydrogen) atoms. The summed E-state index contributed by atoms with van der Waals surface area (Å²) in [6.45, 7) is 4.31. The SMILES string of the molecule is OC(CC(c1ccco1)N1CC1)N1CC1. The van der Waals surface area contributed by atoms with Crippen LogP contribution < -0.4 is 0 Å². The largest absolute Gasteiger partial charge is 0.468 e. The van der Waals surface area contributed by atoms with Crippen molar-refractivity contribution in [3.05, 3.63) is 24.2 Å². The zero-order valence-electron chi connectivity index (χ0n) is 8.67. The van der Waals surface area contributed by atoms with Gasteiger partial charge in [0.05, 0.1) is 12.3 Å². The van der Waals surface area contributed by atoms with Crippen LogP contribution in [0.15, 0.2) is 22.8 Å². The molecule has 0 bridgehead atoms. The Kier molecular flexibility index (Phi) is 2.27. The van der Waals surface area contributed by atoms with Gasteiger partial charge < -0.3 is 9.52 Å². The van der Waals surface area contributed by atoms with Gasteiger partial charge in [-0.2, -0.15) is 0 Å². The highest BCUT2D eigenvalue weighted by atomic mass is 16.3. The van der Waals surface area contributed by atoms with Crippen LogP contribution in [0.3, 0.4) is 0 Å². The van der Waals surface area contributed by atoms with E-state index in [9.17, 15) is 5.11 Å². The summed E-state index contributed by atoms with van der Waals surface area (Å²) in [5, 5.41) is 9.89. The van der Waals surface area contributed by atoms with Gasteiger partial charge >= 0.3 is 0 Å². The Labute approximate surface area is 89.1 Å². The van der Waals surface area contributed by atoms with Crippen molar-refractivity contribution in [2.45, 2.75) is 18.7 Å². The second-order valence-electron chi connectivity index (χ2n) is 4.32. The van der Waals surface area contributed by atoms with Crippen LogP contribution in [0.1, 0.15) is 18.2 Å². The van der Waals surface area contributed by atoms with Crippen LogP contribution in [-0.2, 0) is 0 Å². The average molecular weight is 208 g/mol. The summed E-state index contributed by atoms with van der Waals surface area (Å²) < 4.78 is 5.43. The van der Waals surface area contributed by atoms with Crippen molar-refractivity contribution in [2.75, 3.05) is 26.2 Å². The van der Waals surface area contributed by atoms with Crippen molar-refractivity contribution in [1.29, 1.82) is 0 Å². The zero-order valence-corrected chi connectivity index (χ0v) is 8.67. The van der Waals surface area contributed by atoms with Crippen LogP contribution in [0.5, 0.6) is 0 Å². The van der Waals surface area contributed by atoms with Crippen LogP contribution in [0.2, 0.25) is 0 Å². The zero-order chi connectivity index (χ0) is 10.3. The second kappa shape index (κ2) is 3.63. The Morgan fingerprint density at radius 3 is 2.53 bits per heavy atom. The van der Waals surface area contributed by atoms with Gasteiger partial charge in [-0.05, 0) is 12.1 Å². The molecule has 1 aromatic heterocycles. The van der Waals surface area contributed by atoms with Gasteiger partial charge in [-0.25, -0.2) is 0 Å². The first-order valence-corrected chi connectivity index (χ1v) is 5.54. The normalized spacial score (nSPS) is 25.1. The summed E-state index contributed by atoms with van der Waals surface area (Å²) in [6.07, 6.45) is 2.16. The number of rotatable bonds is 5. The quantitative estimate of drug-likeness (QED) is 0.722. The van der Waals surface area contributed by atoms with E-state index in [-0.39, 0.29) is 12.3 Å². The molecule has 2 atom stereocenters. The molecule has 0 radical (unpaired) electrons. The van der Waals surface area contributed by atoms with E-state index < -0.39 is 0 Å². The minimum atomic E-state index is -0.305. The molecule has 2 saturated heterocycles. The first kappa shape index (κ1) is 9.39. The minimum absolute atomic E-state index is 0.260. The third-order valence-electron chi connectivity index (χ3n) is 3.13. The number of hydrogen-bond donors (Lipinski definition) is 1. The van der Waals surface area contributed by atoms with E-state index in [0.717, 1.165) is 38.4 Å². The molecule has 4 nitrogen and oxygen atoms in total. The molecule has 0 spiro atoms. The van der Waals surface area contributed by atoms with Crippen molar-refractivity contribution >= 4 is 0 Å². The lowest BCUT2D eigenvalue weighted by Gasteiger charge is -2.20. The first-order chi connectivity index (χ1) is 7.34. The molecular formula is C11H16N2O2. The van der Waals surface area contributed by atoms with Crippen molar-refractivity contribution in [2.24, 2.45) is 0 Å². The van der Waals surface area contributed by atoms with Gasteiger partial charge in [0.1, 0.15) is 12.0 Å². The van der Waals surface area contributed by atoms with E-state index in [4.69, 9.17) is 4.42 Å². The number of hydrogen-bond acceptors (Lipinski definition) is 4. The van der Waals surface area contributed by atoms with E-state index in [0.29, 0.717) is 0 Å². The molecule has 2 unspecified atom stereocenters. The maximum Gasteiger partial charge on any atom is 0.121 e. The third-order valence-corrected chi connectivity index (χ3v) is 3.13. The maximum absolute atomic E-state index is 9.89. The summed E-state index contributed by atoms with van der Waals surface area (Å²) in [6, 6.07) is 4.17. The molecule has 2 fully saturated rings. The average Bonchev–Trinajstić information content (AvgIpc) is 3.12. The number of aliphatic hydroxyl groups excluding tert-OH is 1. The van der Waals surface area contributed by atoms with Gasteiger partial charge in [-0.3, -0.25) is 9.80 Å². The van der Waals surface area contributed by atoms with Crippen LogP contribution in [-0.4, -0.2) is 47.3 Å². The molecule has 1 N–H and O–H groups in total. The Morgan fingerprint density at radius 1 is 1.27 bits per heavy atom. The van der Waals surface area contributed by atoms with Crippen molar-refractivity contribution in [1.82, 2.24) is 9.80 Å². The molecule has 0 saturated carbocycles. The topological polar surface area (TPSA) is 39.4 Å². The van der Waals surface area contributed by atoms with E-state index in [1.165, 1.54) is 0 Å². The third kappa shape index (κ3) is 2.07. The second-order valence-corrected chi connectivity index (χ2v) is 4.32. The van der Waals surface area contributed by atoms with Crippen molar-refractivity contribution in [3.63, 3.8) is 0 Å². The summed E-state index contributed by atoms with van der Waals surface area (Å²) in [7, 11) is 0. The smallest absolute Gasteiger partial charge is 0.121 e. The summed E-state index contributed by atoms with van der Waals surface area (Å²) in [5.74, 6) is 0.980. The van der Waals surface area contributed by atoms with E-state index in [1.54, 1.807) is 6.26 Å². The van der Waals surface area contributed by atoms with Crippen molar-refractivity contribution in [3.8, 4) is 0 Å². The molecule has 82 valence electrons. The molecule has 3 rings (SSSR count). The lowest BCUT2D eigenvalue weighted by molar-refractivity contribution is 0.0507. The van der Waals surface area contributed by atoms with E-state index in [2.05, 4.69) is 9.80 Å². The number of nitrogens with zero attached hydrogens (tertiary/aromatic N) is 2. The van der Waals surface area contributed by atoms with Crippen LogP contribution in [0, 0.1) is 0 Å². The van der Waals surface area contributed by atoms with Crippen LogP contribution >= 0.6 is 0 Å². The number of aliphatic hydroxyl groups is 1.